The molecule has 0 unspecified atom stereocenters. The molecule has 0 spiro atoms. The van der Waals surface area contributed by atoms with Gasteiger partial charge in [0.05, 0.1) is 21.2 Å². The Balaban J connectivity index is 2.86. The molecule has 0 bridgehead atoms. The van der Waals surface area contributed by atoms with E-state index in [4.69, 9.17) is 4.74 Å². The van der Waals surface area contributed by atoms with E-state index in [-0.39, 0.29) is 15.6 Å². The van der Waals surface area contributed by atoms with Crippen LogP contribution < -0.4 is 0 Å². The molecular weight excluding hydrogens is 255 g/mol. The van der Waals surface area contributed by atoms with Crippen LogP contribution >= 0.6 is 22.6 Å². The Kier molecular flexibility index (Phi) is 2.27. The van der Waals surface area contributed by atoms with Crippen LogP contribution in [0.15, 0.2) is 0 Å². The van der Waals surface area contributed by atoms with Gasteiger partial charge in [-0.2, -0.15) is 0 Å². The second-order valence-electron chi connectivity index (χ2n) is 4.16. The molecule has 0 radical (unpaired) electrons. The van der Waals surface area contributed by atoms with Crippen molar-refractivity contribution >= 4 is 22.6 Å². The topological polar surface area (TPSA) is 29.5 Å². The summed E-state index contributed by atoms with van der Waals surface area (Å²) in [4.78, 5) is 0. The normalized spacial score (nSPS) is 40.9. The van der Waals surface area contributed by atoms with Gasteiger partial charge in [0.2, 0.25) is 0 Å². The molecule has 0 aromatic carbocycles. The van der Waals surface area contributed by atoms with E-state index in [1.54, 1.807) is 0 Å². The van der Waals surface area contributed by atoms with Crippen molar-refractivity contribution in [2.75, 3.05) is 0 Å². The predicted molar refractivity (Wildman–Crippen MR) is 53.1 cm³/mol. The number of aliphatic hydroxyl groups is 1. The third-order valence-corrected chi connectivity index (χ3v) is 4.36. The zero-order valence-electron chi connectivity index (χ0n) is 7.39. The molecule has 1 fully saturated rings. The number of halogens is 1. The van der Waals surface area contributed by atoms with Gasteiger partial charge in [0, 0.05) is 0 Å². The average Bonchev–Trinajstić information content (AvgIpc) is 1.91. The summed E-state index contributed by atoms with van der Waals surface area (Å²) in [6, 6.07) is 0. The smallest absolute Gasteiger partial charge is 0.0969 e. The quantitative estimate of drug-likeness (QED) is 0.536. The van der Waals surface area contributed by atoms with Crippen LogP contribution in [0.1, 0.15) is 27.7 Å². The number of ether oxygens (including phenoxy) is 1. The summed E-state index contributed by atoms with van der Waals surface area (Å²) >= 11 is 2.25. The zero-order valence-corrected chi connectivity index (χ0v) is 9.55. The molecule has 0 aromatic heterocycles. The molecule has 1 heterocycles. The first-order chi connectivity index (χ1) is 4.77. The summed E-state index contributed by atoms with van der Waals surface area (Å²) in [6.07, 6.45) is -0.363. The fourth-order valence-corrected chi connectivity index (χ4v) is 2.52. The lowest BCUT2D eigenvalue weighted by Crippen LogP contribution is -2.35. The number of hydrogen-bond donors (Lipinski definition) is 1. The van der Waals surface area contributed by atoms with Gasteiger partial charge in [0.25, 0.3) is 0 Å². The summed E-state index contributed by atoms with van der Waals surface area (Å²) in [5, 5.41) is 9.73. The minimum Gasteiger partial charge on any atom is -0.389 e. The second kappa shape index (κ2) is 2.57. The monoisotopic (exact) mass is 270 g/mol. The molecule has 11 heavy (non-hydrogen) atoms. The molecule has 66 valence electrons. The van der Waals surface area contributed by atoms with E-state index in [2.05, 4.69) is 22.6 Å². The van der Waals surface area contributed by atoms with E-state index in [0.717, 1.165) is 0 Å². The van der Waals surface area contributed by atoms with Gasteiger partial charge in [-0.25, -0.2) is 0 Å². The lowest BCUT2D eigenvalue weighted by atomic mass is 9.97. The molecule has 0 amide bonds. The summed E-state index contributed by atoms with van der Waals surface area (Å²) in [5.74, 6) is 0. The highest BCUT2D eigenvalue weighted by Crippen LogP contribution is 2.41. The Morgan fingerprint density at radius 1 is 1.18 bits per heavy atom. The summed E-state index contributed by atoms with van der Waals surface area (Å²) in [5.41, 5.74) is -0.598. The third kappa shape index (κ3) is 1.55. The highest BCUT2D eigenvalue weighted by Gasteiger charge is 2.51. The van der Waals surface area contributed by atoms with Crippen molar-refractivity contribution in [1.82, 2.24) is 0 Å². The Labute approximate surface area is 81.5 Å². The van der Waals surface area contributed by atoms with Gasteiger partial charge < -0.3 is 9.84 Å². The first-order valence-corrected chi connectivity index (χ1v) is 5.04. The highest BCUT2D eigenvalue weighted by molar-refractivity contribution is 14.1. The number of hydrogen-bond acceptors (Lipinski definition) is 2. The van der Waals surface area contributed by atoms with E-state index in [1.165, 1.54) is 0 Å². The van der Waals surface area contributed by atoms with Crippen molar-refractivity contribution < 1.29 is 9.84 Å². The van der Waals surface area contributed by atoms with E-state index in [9.17, 15) is 5.11 Å². The largest absolute Gasteiger partial charge is 0.389 e. The van der Waals surface area contributed by atoms with Crippen LogP contribution in [0, 0.1) is 0 Å². The third-order valence-electron chi connectivity index (χ3n) is 2.18. The first kappa shape index (κ1) is 9.74. The lowest BCUT2D eigenvalue weighted by Gasteiger charge is -2.24. The Hall–Kier alpha value is 0.650. The molecule has 2 nitrogen and oxygen atoms in total. The fourth-order valence-electron chi connectivity index (χ4n) is 1.53. The van der Waals surface area contributed by atoms with E-state index in [1.807, 2.05) is 27.7 Å². The van der Waals surface area contributed by atoms with E-state index >= 15 is 0 Å². The molecular formula is C8H15IO2. The predicted octanol–water partition coefficient (Wildman–Crippen LogP) is 1.74. The van der Waals surface area contributed by atoms with Gasteiger partial charge in [0.1, 0.15) is 0 Å². The van der Waals surface area contributed by atoms with Crippen LogP contribution in [0.5, 0.6) is 0 Å². The minimum atomic E-state index is -0.393. The van der Waals surface area contributed by atoms with Crippen LogP contribution in [0.4, 0.5) is 0 Å². The zero-order chi connectivity index (χ0) is 8.86. The van der Waals surface area contributed by atoms with Crippen molar-refractivity contribution in [3.05, 3.63) is 0 Å². The molecule has 0 aromatic rings. The van der Waals surface area contributed by atoms with Gasteiger partial charge in [0.15, 0.2) is 0 Å². The van der Waals surface area contributed by atoms with Gasteiger partial charge in [-0.3, -0.25) is 0 Å². The average molecular weight is 270 g/mol. The van der Waals surface area contributed by atoms with Crippen molar-refractivity contribution in [2.24, 2.45) is 0 Å². The van der Waals surface area contributed by atoms with Gasteiger partial charge in [-0.05, 0) is 27.7 Å². The molecule has 3 heteroatoms. The van der Waals surface area contributed by atoms with Crippen LogP contribution in [0.25, 0.3) is 0 Å². The summed E-state index contributed by atoms with van der Waals surface area (Å²) < 4.78 is 5.88. The molecule has 1 saturated heterocycles. The maximum atomic E-state index is 9.73. The number of rotatable bonds is 0. The Bertz CT molecular complexity index is 147. The van der Waals surface area contributed by atoms with Gasteiger partial charge in [-0.1, -0.05) is 22.6 Å². The Morgan fingerprint density at radius 2 is 1.64 bits per heavy atom. The maximum Gasteiger partial charge on any atom is 0.0969 e. The number of aliphatic hydroxyl groups excluding tert-OH is 1. The first-order valence-electron chi connectivity index (χ1n) is 3.80. The van der Waals surface area contributed by atoms with E-state index in [0.29, 0.717) is 0 Å². The summed E-state index contributed by atoms with van der Waals surface area (Å²) in [7, 11) is 0. The van der Waals surface area contributed by atoms with Crippen molar-refractivity contribution in [3.63, 3.8) is 0 Å². The van der Waals surface area contributed by atoms with Crippen LogP contribution in [0.2, 0.25) is 0 Å². The fraction of sp³-hybridized carbons (Fsp3) is 1.00. The lowest BCUT2D eigenvalue weighted by molar-refractivity contribution is -0.0883. The molecule has 0 aliphatic carbocycles. The van der Waals surface area contributed by atoms with E-state index < -0.39 is 5.60 Å². The Morgan fingerprint density at radius 3 is 1.73 bits per heavy atom. The molecule has 1 aliphatic heterocycles. The molecule has 2 atom stereocenters. The van der Waals surface area contributed by atoms with Crippen molar-refractivity contribution in [3.8, 4) is 0 Å². The van der Waals surface area contributed by atoms with Crippen LogP contribution in [-0.2, 0) is 4.74 Å². The molecule has 1 N–H and O–H groups in total. The van der Waals surface area contributed by atoms with Crippen LogP contribution in [-0.4, -0.2) is 26.3 Å². The maximum absolute atomic E-state index is 9.73. The highest BCUT2D eigenvalue weighted by atomic mass is 127. The van der Waals surface area contributed by atoms with Gasteiger partial charge in [-0.15, -0.1) is 0 Å². The van der Waals surface area contributed by atoms with Crippen molar-refractivity contribution in [2.45, 2.75) is 48.9 Å². The SMILES string of the molecule is CC1(C)OC(C)(C)[C@H](I)[C@H]1O. The second-order valence-corrected chi connectivity index (χ2v) is 5.50. The molecule has 1 aliphatic rings. The number of alkyl halides is 1. The molecule has 1 rings (SSSR count). The molecule has 0 saturated carbocycles. The van der Waals surface area contributed by atoms with Gasteiger partial charge >= 0.3 is 0 Å². The van der Waals surface area contributed by atoms with Crippen molar-refractivity contribution in [1.29, 1.82) is 0 Å². The summed E-state index contributed by atoms with van der Waals surface area (Å²) in [6.45, 7) is 7.89. The minimum absolute atomic E-state index is 0.176. The van der Waals surface area contributed by atoms with Crippen LogP contribution in [0.3, 0.4) is 0 Å². The standard InChI is InChI=1S/C8H15IO2/c1-7(2)5(9)6(10)8(3,4)11-7/h5-6,10H,1-4H3/t5-,6-/m1/s1.